The van der Waals surface area contributed by atoms with Crippen LogP contribution in [0.3, 0.4) is 0 Å². The van der Waals surface area contributed by atoms with E-state index in [1.54, 1.807) is 6.07 Å². The van der Waals surface area contributed by atoms with Crippen LogP contribution in [0, 0.1) is 5.82 Å². The number of nitrogens with zero attached hydrogens (tertiary/aromatic N) is 4. The van der Waals surface area contributed by atoms with Gasteiger partial charge in [0.15, 0.2) is 0 Å². The third-order valence-corrected chi connectivity index (χ3v) is 6.67. The summed E-state index contributed by atoms with van der Waals surface area (Å²) in [6.07, 6.45) is 4.80. The molecule has 3 heterocycles. The van der Waals surface area contributed by atoms with Crippen LogP contribution in [0.5, 0.6) is 0 Å². The van der Waals surface area contributed by atoms with Crippen LogP contribution in [0.25, 0.3) is 0 Å². The lowest BCUT2D eigenvalue weighted by Crippen LogP contribution is -2.30. The monoisotopic (exact) mass is 377 g/mol. The van der Waals surface area contributed by atoms with Crippen molar-refractivity contribution in [1.82, 2.24) is 0 Å². The van der Waals surface area contributed by atoms with Gasteiger partial charge in [0, 0.05) is 24.0 Å². The molecule has 4 unspecified atom stereocenters. The van der Waals surface area contributed by atoms with Gasteiger partial charge in [0.1, 0.15) is 18.4 Å². The summed E-state index contributed by atoms with van der Waals surface area (Å²) < 4.78 is 20.8. The van der Waals surface area contributed by atoms with Crippen LogP contribution < -0.4 is 15.5 Å². The predicted octanol–water partition coefficient (Wildman–Crippen LogP) is 2.43. The van der Waals surface area contributed by atoms with Gasteiger partial charge < -0.3 is 20.3 Å². The SMILES string of the molecule is CC1OC(CN=CN=CN)CN1c1ccc(N2C3CCC2SC3)c(F)c1. The third-order valence-electron chi connectivity index (χ3n) is 5.24. The highest BCUT2D eigenvalue weighted by Gasteiger charge is 2.41. The number of ether oxygens (including phenoxy) is 1. The van der Waals surface area contributed by atoms with Crippen LogP contribution in [0.15, 0.2) is 28.2 Å². The molecule has 4 atom stereocenters. The van der Waals surface area contributed by atoms with Gasteiger partial charge in [-0.1, -0.05) is 0 Å². The number of benzene rings is 1. The van der Waals surface area contributed by atoms with Crippen molar-refractivity contribution in [2.45, 2.75) is 43.5 Å². The first-order chi connectivity index (χ1) is 12.7. The normalized spacial score (nSPS) is 31.2. The number of hydrogen-bond acceptors (Lipinski definition) is 5. The molecule has 1 aromatic carbocycles. The molecule has 0 radical (unpaired) electrons. The molecule has 26 heavy (non-hydrogen) atoms. The summed E-state index contributed by atoms with van der Waals surface area (Å²) in [6, 6.07) is 6.06. The molecule has 0 amide bonds. The zero-order valence-electron chi connectivity index (χ0n) is 14.8. The second kappa shape index (κ2) is 7.44. The van der Waals surface area contributed by atoms with Crippen LogP contribution in [0.4, 0.5) is 15.8 Å². The Hall–Kier alpha value is -1.80. The van der Waals surface area contributed by atoms with E-state index in [0.29, 0.717) is 24.5 Å². The zero-order chi connectivity index (χ0) is 18.1. The van der Waals surface area contributed by atoms with Crippen molar-refractivity contribution in [3.8, 4) is 0 Å². The van der Waals surface area contributed by atoms with E-state index >= 15 is 0 Å². The second-order valence-corrected chi connectivity index (χ2v) is 8.06. The maximum absolute atomic E-state index is 14.9. The summed E-state index contributed by atoms with van der Waals surface area (Å²) in [5.74, 6) is 0.965. The van der Waals surface area contributed by atoms with Crippen molar-refractivity contribution < 1.29 is 9.13 Å². The van der Waals surface area contributed by atoms with Crippen LogP contribution in [0.1, 0.15) is 19.8 Å². The molecule has 3 aliphatic rings. The van der Waals surface area contributed by atoms with E-state index in [4.69, 9.17) is 10.5 Å². The number of thioether (sulfide) groups is 1. The number of hydrogen-bond donors (Lipinski definition) is 1. The van der Waals surface area contributed by atoms with Crippen LogP contribution in [0.2, 0.25) is 0 Å². The molecule has 8 heteroatoms. The largest absolute Gasteiger partial charge is 0.390 e. The standard InChI is InChI=1S/C18H24FN5OS/c1-12-23(8-15(25-12)7-21-11-22-10-20)13-2-4-17(16(19)6-13)24-14-3-5-18(24)26-9-14/h2,4,6,10-12,14-15,18H,3,5,7-9H2,1H3,(H2,20,21,22). The Bertz CT molecular complexity index is 695. The van der Waals surface area contributed by atoms with Crippen molar-refractivity contribution in [3.63, 3.8) is 0 Å². The topological polar surface area (TPSA) is 66.5 Å². The third kappa shape index (κ3) is 3.27. The van der Waals surface area contributed by atoms with Gasteiger partial charge in [0.25, 0.3) is 0 Å². The van der Waals surface area contributed by atoms with Gasteiger partial charge in [0.2, 0.25) is 0 Å². The zero-order valence-corrected chi connectivity index (χ0v) is 15.6. The minimum Gasteiger partial charge on any atom is -0.390 e. The van der Waals surface area contributed by atoms with Crippen LogP contribution >= 0.6 is 11.8 Å². The van der Waals surface area contributed by atoms with Gasteiger partial charge in [-0.2, -0.15) is 0 Å². The fourth-order valence-corrected chi connectivity index (χ4v) is 5.58. The fourth-order valence-electron chi connectivity index (χ4n) is 4.06. The van der Waals surface area contributed by atoms with E-state index < -0.39 is 0 Å². The van der Waals surface area contributed by atoms with Gasteiger partial charge in [0.05, 0.1) is 30.0 Å². The minimum atomic E-state index is -0.146. The van der Waals surface area contributed by atoms with E-state index in [1.807, 2.05) is 30.8 Å². The van der Waals surface area contributed by atoms with Crippen molar-refractivity contribution >= 4 is 35.8 Å². The Morgan fingerprint density at radius 2 is 2.31 bits per heavy atom. The highest BCUT2D eigenvalue weighted by molar-refractivity contribution is 8.00. The summed E-state index contributed by atoms with van der Waals surface area (Å²) in [7, 11) is 0. The quantitative estimate of drug-likeness (QED) is 0.631. The Morgan fingerprint density at radius 1 is 1.42 bits per heavy atom. The second-order valence-electron chi connectivity index (χ2n) is 6.85. The lowest BCUT2D eigenvalue weighted by molar-refractivity contribution is 0.0651. The maximum atomic E-state index is 14.9. The molecule has 0 aliphatic carbocycles. The van der Waals surface area contributed by atoms with Gasteiger partial charge in [-0.15, -0.1) is 11.8 Å². The van der Waals surface area contributed by atoms with Crippen LogP contribution in [-0.2, 0) is 4.74 Å². The molecular weight excluding hydrogens is 353 g/mol. The van der Waals surface area contributed by atoms with Gasteiger partial charge in [-0.05, 0) is 38.0 Å². The summed E-state index contributed by atoms with van der Waals surface area (Å²) >= 11 is 1.94. The Balaban J connectivity index is 1.45. The number of halogens is 1. The maximum Gasteiger partial charge on any atom is 0.148 e. The molecule has 4 rings (SSSR count). The number of nitrogens with two attached hydrogens (primary N) is 1. The van der Waals surface area contributed by atoms with Crippen LogP contribution in [-0.4, -0.2) is 55.3 Å². The van der Waals surface area contributed by atoms with E-state index in [0.717, 1.165) is 23.5 Å². The summed E-state index contributed by atoms with van der Waals surface area (Å²) in [4.78, 5) is 12.3. The molecule has 3 aliphatic heterocycles. The lowest BCUT2D eigenvalue weighted by Gasteiger charge is -2.26. The number of fused-ring (bicyclic) bond motifs is 2. The van der Waals surface area contributed by atoms with E-state index in [2.05, 4.69) is 19.8 Å². The molecule has 2 N–H and O–H groups in total. The summed E-state index contributed by atoms with van der Waals surface area (Å²) in [5.41, 5.74) is 6.76. The number of anilines is 2. The molecule has 2 bridgehead atoms. The van der Waals surface area contributed by atoms with Gasteiger partial charge in [-0.25, -0.2) is 9.38 Å². The summed E-state index contributed by atoms with van der Waals surface area (Å²) in [5, 5.41) is 0.438. The molecule has 0 saturated carbocycles. The predicted molar refractivity (Wildman–Crippen MR) is 106 cm³/mol. The number of rotatable bonds is 5. The highest BCUT2D eigenvalue weighted by atomic mass is 32.2. The van der Waals surface area contributed by atoms with Crippen molar-refractivity contribution in [2.75, 3.05) is 28.6 Å². The Labute approximate surface area is 157 Å². The molecule has 140 valence electrons. The molecule has 1 aromatic rings. The molecule has 6 nitrogen and oxygen atoms in total. The average Bonchev–Trinajstić information content (AvgIpc) is 3.33. The first kappa shape index (κ1) is 17.6. The lowest BCUT2D eigenvalue weighted by atomic mass is 10.2. The van der Waals surface area contributed by atoms with E-state index in [1.165, 1.54) is 19.1 Å². The first-order valence-corrected chi connectivity index (χ1v) is 10.1. The minimum absolute atomic E-state index is 0.0391. The average molecular weight is 377 g/mol. The van der Waals surface area contributed by atoms with Crippen molar-refractivity contribution in [1.29, 1.82) is 0 Å². The van der Waals surface area contributed by atoms with E-state index in [9.17, 15) is 4.39 Å². The molecular formula is C18H24FN5OS. The number of aliphatic imine (C=N–C) groups is 2. The van der Waals surface area contributed by atoms with Gasteiger partial charge >= 0.3 is 0 Å². The Morgan fingerprint density at radius 3 is 2.96 bits per heavy atom. The molecule has 3 fully saturated rings. The summed E-state index contributed by atoms with van der Waals surface area (Å²) in [6.45, 7) is 3.16. The van der Waals surface area contributed by atoms with Gasteiger partial charge in [-0.3, -0.25) is 4.99 Å². The smallest absolute Gasteiger partial charge is 0.148 e. The fraction of sp³-hybridized carbons (Fsp3) is 0.556. The van der Waals surface area contributed by atoms with E-state index in [-0.39, 0.29) is 18.1 Å². The first-order valence-electron chi connectivity index (χ1n) is 9.00. The molecule has 3 saturated heterocycles. The van der Waals surface area contributed by atoms with Crippen molar-refractivity contribution in [2.24, 2.45) is 15.7 Å². The van der Waals surface area contributed by atoms with Crippen molar-refractivity contribution in [3.05, 3.63) is 24.0 Å². The molecule has 0 spiro atoms. The highest BCUT2D eigenvalue weighted by Crippen LogP contribution is 2.45. The molecule has 0 aromatic heterocycles. The Kier molecular flexibility index (Phi) is 5.04.